The van der Waals surface area contributed by atoms with Crippen molar-refractivity contribution in [3.05, 3.63) is 22.2 Å². The second-order valence-corrected chi connectivity index (χ2v) is 7.74. The number of methoxy groups -OCH3 is 2. The first-order valence-corrected chi connectivity index (χ1v) is 10.1. The maximum absolute atomic E-state index is 5.39. The maximum atomic E-state index is 5.39. The van der Waals surface area contributed by atoms with E-state index < -0.39 is 0 Å². The molecule has 1 aromatic carbocycles. The minimum Gasteiger partial charge on any atom is -0.493 e. The summed E-state index contributed by atoms with van der Waals surface area (Å²) in [5, 5.41) is 7.67. The van der Waals surface area contributed by atoms with Crippen LogP contribution >= 0.6 is 27.7 Å². The average Bonchev–Trinajstić information content (AvgIpc) is 3.05. The van der Waals surface area contributed by atoms with Gasteiger partial charge in [0.1, 0.15) is 0 Å². The van der Waals surface area contributed by atoms with Gasteiger partial charge in [-0.25, -0.2) is 0 Å². The topological polar surface area (TPSA) is 54.9 Å². The van der Waals surface area contributed by atoms with Crippen molar-refractivity contribution >= 4 is 33.7 Å². The van der Waals surface area contributed by atoms with E-state index >= 15 is 0 Å². The summed E-state index contributed by atoms with van der Waals surface area (Å²) in [7, 11) is 5.08. The summed E-state index contributed by atoms with van der Waals surface area (Å²) in [6, 6.07) is 4.51. The third-order valence-corrected chi connectivity index (χ3v) is 5.92. The lowest BCUT2D eigenvalue weighted by molar-refractivity contribution is 0.352. The highest BCUT2D eigenvalue weighted by molar-refractivity contribution is 9.10. The second-order valence-electron chi connectivity index (χ2n) is 5.75. The van der Waals surface area contributed by atoms with Gasteiger partial charge in [0.15, 0.2) is 17.5 Å². The van der Waals surface area contributed by atoms with Crippen LogP contribution in [0.15, 0.2) is 21.6 Å². The Morgan fingerprint density at radius 3 is 2.71 bits per heavy atom. The van der Waals surface area contributed by atoms with E-state index in [1.54, 1.807) is 21.3 Å². The maximum Gasteiger partial charge on any atom is 0.191 e. The predicted molar refractivity (Wildman–Crippen MR) is 106 cm³/mol. The molecule has 0 heterocycles. The number of rotatable bonds is 6. The Labute approximate surface area is 157 Å². The van der Waals surface area contributed by atoms with Gasteiger partial charge in [0, 0.05) is 24.9 Å². The van der Waals surface area contributed by atoms with Crippen molar-refractivity contribution in [3.8, 4) is 11.5 Å². The molecule has 0 amide bonds. The molecule has 7 heteroatoms. The van der Waals surface area contributed by atoms with Crippen molar-refractivity contribution in [2.24, 2.45) is 4.99 Å². The van der Waals surface area contributed by atoms with Crippen molar-refractivity contribution in [1.82, 2.24) is 10.6 Å². The number of guanidine groups is 1. The lowest BCUT2D eigenvalue weighted by Gasteiger charge is -2.18. The number of hydrogen-bond acceptors (Lipinski definition) is 4. The lowest BCUT2D eigenvalue weighted by atomic mass is 10.2. The van der Waals surface area contributed by atoms with Gasteiger partial charge in [0.25, 0.3) is 0 Å². The fourth-order valence-electron chi connectivity index (χ4n) is 2.93. The van der Waals surface area contributed by atoms with E-state index in [9.17, 15) is 0 Å². The van der Waals surface area contributed by atoms with Gasteiger partial charge in [-0.05, 0) is 59.1 Å². The van der Waals surface area contributed by atoms with Crippen LogP contribution in [0.1, 0.15) is 24.8 Å². The van der Waals surface area contributed by atoms with Crippen LogP contribution < -0.4 is 20.1 Å². The molecular weight excluding hydrogens is 390 g/mol. The van der Waals surface area contributed by atoms with Crippen molar-refractivity contribution in [1.29, 1.82) is 0 Å². The number of thioether (sulfide) groups is 1. The van der Waals surface area contributed by atoms with Crippen molar-refractivity contribution in [2.45, 2.75) is 37.1 Å². The molecule has 1 aliphatic rings. The van der Waals surface area contributed by atoms with E-state index in [0.29, 0.717) is 24.1 Å². The number of ether oxygens (including phenoxy) is 2. The van der Waals surface area contributed by atoms with Gasteiger partial charge in [0.2, 0.25) is 0 Å². The molecule has 5 nitrogen and oxygen atoms in total. The van der Waals surface area contributed by atoms with Crippen LogP contribution in [0.25, 0.3) is 0 Å². The molecule has 2 rings (SSSR count). The molecule has 0 aromatic heterocycles. The minimum atomic E-state index is 0.505. The summed E-state index contributed by atoms with van der Waals surface area (Å²) >= 11 is 5.49. The van der Waals surface area contributed by atoms with Crippen LogP contribution in [0.4, 0.5) is 0 Å². The van der Waals surface area contributed by atoms with E-state index in [-0.39, 0.29) is 0 Å². The summed E-state index contributed by atoms with van der Waals surface area (Å²) in [5.74, 6) is 2.26. The molecule has 134 valence electrons. The monoisotopic (exact) mass is 415 g/mol. The summed E-state index contributed by atoms with van der Waals surface area (Å²) in [6.07, 6.45) is 5.87. The zero-order valence-corrected chi connectivity index (χ0v) is 17.1. The molecule has 0 spiro atoms. The summed E-state index contributed by atoms with van der Waals surface area (Å²) in [4.78, 5) is 4.34. The first-order chi connectivity index (χ1) is 11.6. The molecule has 1 aliphatic carbocycles. The lowest BCUT2D eigenvalue weighted by Crippen LogP contribution is -2.42. The van der Waals surface area contributed by atoms with Gasteiger partial charge >= 0.3 is 0 Å². The van der Waals surface area contributed by atoms with Crippen LogP contribution in [0.2, 0.25) is 0 Å². The standard InChI is InChI=1S/C17H26BrN3O2S/c1-19-17(21-12-5-6-13(9-12)24-4)20-10-11-7-14(18)16(23-3)15(8-11)22-2/h7-8,12-13H,5-6,9-10H2,1-4H3,(H2,19,20,21). The normalized spacial score (nSPS) is 20.8. The van der Waals surface area contributed by atoms with Crippen molar-refractivity contribution in [2.75, 3.05) is 27.5 Å². The molecular formula is C17H26BrN3O2S. The van der Waals surface area contributed by atoms with Gasteiger partial charge in [-0.15, -0.1) is 0 Å². The largest absolute Gasteiger partial charge is 0.493 e. The number of benzene rings is 1. The molecule has 1 saturated carbocycles. The summed E-state index contributed by atoms with van der Waals surface area (Å²) < 4.78 is 11.6. The molecule has 2 unspecified atom stereocenters. The van der Waals surface area contributed by atoms with Gasteiger partial charge < -0.3 is 20.1 Å². The molecule has 2 N–H and O–H groups in total. The van der Waals surface area contributed by atoms with Crippen LogP contribution in [0.5, 0.6) is 11.5 Å². The van der Waals surface area contributed by atoms with Crippen molar-refractivity contribution in [3.63, 3.8) is 0 Å². The average molecular weight is 416 g/mol. The fraction of sp³-hybridized carbons (Fsp3) is 0.588. The third-order valence-electron chi connectivity index (χ3n) is 4.24. The van der Waals surface area contributed by atoms with Crippen LogP contribution in [0.3, 0.4) is 0 Å². The second kappa shape index (κ2) is 9.42. The predicted octanol–water partition coefficient (Wildman–Crippen LogP) is 3.42. The number of nitrogens with one attached hydrogen (secondary N) is 2. The van der Waals surface area contributed by atoms with Crippen LogP contribution in [0, 0.1) is 0 Å². The summed E-state index contributed by atoms with van der Waals surface area (Å²) in [5.41, 5.74) is 1.09. The third kappa shape index (κ3) is 4.96. The number of nitrogens with zero attached hydrogens (tertiary/aromatic N) is 1. The zero-order valence-electron chi connectivity index (χ0n) is 14.7. The van der Waals surface area contributed by atoms with Crippen LogP contribution in [-0.4, -0.2) is 44.8 Å². The molecule has 0 bridgehead atoms. The van der Waals surface area contributed by atoms with E-state index in [0.717, 1.165) is 21.2 Å². The highest BCUT2D eigenvalue weighted by atomic mass is 79.9. The Balaban J connectivity index is 1.95. The van der Waals surface area contributed by atoms with Gasteiger partial charge in [-0.2, -0.15) is 11.8 Å². The molecule has 1 aromatic rings. The van der Waals surface area contributed by atoms with E-state index in [1.165, 1.54) is 19.3 Å². The molecule has 2 atom stereocenters. The first kappa shape index (κ1) is 19.2. The van der Waals surface area contributed by atoms with Crippen LogP contribution in [-0.2, 0) is 6.54 Å². The highest BCUT2D eigenvalue weighted by Crippen LogP contribution is 2.36. The highest BCUT2D eigenvalue weighted by Gasteiger charge is 2.24. The SMILES string of the molecule is CN=C(NCc1cc(Br)c(OC)c(OC)c1)NC1CCC(SC)C1. The minimum absolute atomic E-state index is 0.505. The number of hydrogen-bond donors (Lipinski definition) is 2. The molecule has 24 heavy (non-hydrogen) atoms. The van der Waals surface area contributed by atoms with E-state index in [4.69, 9.17) is 9.47 Å². The van der Waals surface area contributed by atoms with Gasteiger partial charge in [-0.3, -0.25) is 4.99 Å². The Morgan fingerprint density at radius 1 is 1.33 bits per heavy atom. The Kier molecular flexibility index (Phi) is 7.55. The van der Waals surface area contributed by atoms with Crippen molar-refractivity contribution < 1.29 is 9.47 Å². The Morgan fingerprint density at radius 2 is 2.12 bits per heavy atom. The first-order valence-electron chi connectivity index (χ1n) is 8.01. The van der Waals surface area contributed by atoms with E-state index in [2.05, 4.69) is 37.8 Å². The smallest absolute Gasteiger partial charge is 0.191 e. The Hall–Kier alpha value is -1.08. The Bertz CT molecular complexity index is 583. The number of aliphatic imine (C=N–C) groups is 1. The molecule has 1 fully saturated rings. The zero-order chi connectivity index (χ0) is 17.5. The van der Waals surface area contributed by atoms with Gasteiger partial charge in [-0.1, -0.05) is 0 Å². The molecule has 0 aliphatic heterocycles. The number of halogens is 1. The van der Waals surface area contributed by atoms with E-state index in [1.807, 2.05) is 23.9 Å². The quantitative estimate of drug-likeness (QED) is 0.550. The fourth-order valence-corrected chi connectivity index (χ4v) is 4.38. The molecule has 0 radical (unpaired) electrons. The van der Waals surface area contributed by atoms with Gasteiger partial charge in [0.05, 0.1) is 18.7 Å². The summed E-state index contributed by atoms with van der Waals surface area (Å²) in [6.45, 7) is 0.664. The molecule has 0 saturated heterocycles.